The quantitative estimate of drug-likeness (QED) is 0.471. The zero-order valence-corrected chi connectivity index (χ0v) is 21.4. The molecule has 0 heterocycles. The Hall–Kier alpha value is -2.22. The molecule has 0 radical (unpaired) electrons. The summed E-state index contributed by atoms with van der Waals surface area (Å²) in [7, 11) is 0. The number of ketones is 1. The summed E-state index contributed by atoms with van der Waals surface area (Å²) >= 11 is 0. The number of carboxylic acids is 1. The molecule has 0 aromatic carbocycles. The summed E-state index contributed by atoms with van der Waals surface area (Å²) in [5, 5.41) is 25.0. The van der Waals surface area contributed by atoms with Gasteiger partial charge in [0.1, 0.15) is 5.78 Å². The second-order valence-corrected chi connectivity index (χ2v) is 11.8. The van der Waals surface area contributed by atoms with Crippen LogP contribution >= 0.6 is 0 Å². The number of carbonyl (C=O) groups excluding carboxylic acids is 2. The summed E-state index contributed by atoms with van der Waals surface area (Å²) in [6.45, 7) is 7.46. The van der Waals surface area contributed by atoms with Gasteiger partial charge in [0.2, 0.25) is 0 Å². The normalized spacial score (nSPS) is 38.9. The summed E-state index contributed by atoms with van der Waals surface area (Å²) in [6, 6.07) is -1.38. The summed E-state index contributed by atoms with van der Waals surface area (Å²) in [6.07, 6.45) is 9.42. The number of aliphatic hydroxyl groups is 1. The summed E-state index contributed by atoms with van der Waals surface area (Å²) in [5.41, 5.74) is 2.53. The lowest BCUT2D eigenvalue weighted by atomic mass is 9.46. The first kappa shape index (κ1) is 25.9. The third-order valence-corrected chi connectivity index (χ3v) is 9.91. The lowest BCUT2D eigenvalue weighted by Gasteiger charge is -2.58. The number of aliphatic hydroxyl groups excluding tert-OH is 1. The molecular formula is C27H40N2O6. The molecule has 0 unspecified atom stereocenters. The fourth-order valence-electron chi connectivity index (χ4n) is 8.09. The highest BCUT2D eigenvalue weighted by molar-refractivity contribution is 5.96. The van der Waals surface area contributed by atoms with Crippen molar-refractivity contribution in [3.05, 3.63) is 11.6 Å². The summed E-state index contributed by atoms with van der Waals surface area (Å²) in [5.74, 6) is 0.604. The summed E-state index contributed by atoms with van der Waals surface area (Å²) in [4.78, 5) is 40.7. The van der Waals surface area contributed by atoms with Crippen molar-refractivity contribution in [1.29, 1.82) is 0 Å². The van der Waals surface area contributed by atoms with Gasteiger partial charge in [0, 0.05) is 5.92 Å². The minimum Gasteiger partial charge on any atom is -0.480 e. The maximum atomic E-state index is 12.3. The van der Waals surface area contributed by atoms with Crippen LogP contribution in [-0.4, -0.2) is 52.3 Å². The SMILES string of the molecule is CC(=O)[C@@H]1CC[C@H]2[C@@H]3CCC4=CC(=NOCC(=O)N[C@@H](C(=O)O)[C@@H](C)O)CC[C@]4(C)[C@H]3CC[C@]12C. The van der Waals surface area contributed by atoms with E-state index in [-0.39, 0.29) is 16.7 Å². The molecule has 4 rings (SSSR count). The van der Waals surface area contributed by atoms with E-state index >= 15 is 0 Å². The van der Waals surface area contributed by atoms with E-state index in [0.29, 0.717) is 23.5 Å². The van der Waals surface area contributed by atoms with Crippen LogP contribution < -0.4 is 5.32 Å². The molecule has 0 bridgehead atoms. The molecule has 4 aliphatic carbocycles. The predicted octanol–water partition coefficient (Wildman–Crippen LogP) is 3.48. The largest absolute Gasteiger partial charge is 0.480 e. The number of aliphatic carboxylic acids is 1. The van der Waals surface area contributed by atoms with Crippen LogP contribution in [0.15, 0.2) is 16.8 Å². The molecule has 0 spiro atoms. The van der Waals surface area contributed by atoms with Crippen LogP contribution in [0.1, 0.15) is 79.1 Å². The van der Waals surface area contributed by atoms with Gasteiger partial charge in [-0.3, -0.25) is 9.59 Å². The van der Waals surface area contributed by atoms with E-state index in [2.05, 4.69) is 30.4 Å². The van der Waals surface area contributed by atoms with Crippen LogP contribution in [0.4, 0.5) is 0 Å². The Bertz CT molecular complexity index is 942. The highest BCUT2D eigenvalue weighted by Gasteiger charge is 2.59. The number of nitrogens with zero attached hydrogens (tertiary/aromatic N) is 1. The number of rotatable bonds is 7. The van der Waals surface area contributed by atoms with Crippen molar-refractivity contribution in [2.75, 3.05) is 6.61 Å². The number of carboxylic acid groups (broad SMARTS) is 1. The molecule has 1 amide bonds. The number of nitrogens with one attached hydrogen (secondary N) is 1. The lowest BCUT2D eigenvalue weighted by molar-refractivity contribution is -0.145. The first-order valence-electron chi connectivity index (χ1n) is 13.1. The second kappa shape index (κ2) is 9.68. The average Bonchev–Trinajstić information content (AvgIpc) is 3.14. The minimum absolute atomic E-state index is 0.140. The fourth-order valence-corrected chi connectivity index (χ4v) is 8.09. The maximum Gasteiger partial charge on any atom is 0.328 e. The molecule has 0 aromatic heterocycles. The molecule has 0 aromatic rings. The molecule has 8 heteroatoms. The first-order chi connectivity index (χ1) is 16.5. The monoisotopic (exact) mass is 488 g/mol. The highest BCUT2D eigenvalue weighted by atomic mass is 16.6. The van der Waals surface area contributed by atoms with Gasteiger partial charge in [-0.2, -0.15) is 0 Å². The number of amides is 1. The van der Waals surface area contributed by atoms with E-state index < -0.39 is 30.6 Å². The average molecular weight is 489 g/mol. The molecular weight excluding hydrogens is 448 g/mol. The minimum atomic E-state index is -1.38. The van der Waals surface area contributed by atoms with Gasteiger partial charge in [0.15, 0.2) is 12.6 Å². The molecule has 3 N–H and O–H groups in total. The van der Waals surface area contributed by atoms with Gasteiger partial charge in [-0.1, -0.05) is 24.6 Å². The van der Waals surface area contributed by atoms with Crippen molar-refractivity contribution >= 4 is 23.4 Å². The molecule has 35 heavy (non-hydrogen) atoms. The van der Waals surface area contributed by atoms with Crippen molar-refractivity contribution in [2.45, 2.75) is 91.2 Å². The van der Waals surface area contributed by atoms with E-state index in [1.165, 1.54) is 25.3 Å². The molecule has 8 nitrogen and oxygen atoms in total. The molecule has 4 aliphatic rings. The van der Waals surface area contributed by atoms with Crippen molar-refractivity contribution in [3.8, 4) is 0 Å². The van der Waals surface area contributed by atoms with Crippen molar-refractivity contribution in [3.63, 3.8) is 0 Å². The van der Waals surface area contributed by atoms with Gasteiger partial charge in [0.05, 0.1) is 11.8 Å². The Kier molecular flexibility index (Phi) is 7.15. The van der Waals surface area contributed by atoms with Crippen LogP contribution in [0, 0.1) is 34.5 Å². The number of hydrogen-bond donors (Lipinski definition) is 3. The highest BCUT2D eigenvalue weighted by Crippen LogP contribution is 2.66. The lowest BCUT2D eigenvalue weighted by Crippen LogP contribution is -2.51. The standard InChI is InChI=1S/C27H40N2O6/c1-15(30)20-7-8-21-19-6-5-17-13-18(9-11-26(17,3)22(19)10-12-27(20,21)4)29-35-14-23(32)28-24(16(2)31)25(33)34/h13,16,19-22,24,31H,5-12,14H2,1-4H3,(H,28,32)(H,33,34)/t16-,19+,20+,21+,22+,24-,26+,27-/m1/s1. The topological polar surface area (TPSA) is 125 Å². The van der Waals surface area contributed by atoms with Gasteiger partial charge in [-0.05, 0) is 99.9 Å². The smallest absolute Gasteiger partial charge is 0.328 e. The van der Waals surface area contributed by atoms with Gasteiger partial charge in [0.25, 0.3) is 5.91 Å². The van der Waals surface area contributed by atoms with Gasteiger partial charge >= 0.3 is 5.97 Å². The number of allylic oxidation sites excluding steroid dienone is 2. The number of hydrogen-bond acceptors (Lipinski definition) is 6. The molecule has 8 atom stereocenters. The maximum absolute atomic E-state index is 12.3. The Balaban J connectivity index is 1.40. The molecule has 0 aliphatic heterocycles. The van der Waals surface area contributed by atoms with Gasteiger partial charge in [-0.15, -0.1) is 0 Å². The molecule has 194 valence electrons. The van der Waals surface area contributed by atoms with Crippen LogP contribution in [-0.2, 0) is 19.2 Å². The summed E-state index contributed by atoms with van der Waals surface area (Å²) < 4.78 is 0. The van der Waals surface area contributed by atoms with Crippen LogP contribution in [0.5, 0.6) is 0 Å². The number of Topliss-reactive ketones (excluding diaryl/α,β-unsaturated/α-hetero) is 1. The first-order valence-corrected chi connectivity index (χ1v) is 13.1. The van der Waals surface area contributed by atoms with Crippen molar-refractivity contribution in [2.24, 2.45) is 39.7 Å². The van der Waals surface area contributed by atoms with Crippen LogP contribution in [0.3, 0.4) is 0 Å². The van der Waals surface area contributed by atoms with E-state index in [1.54, 1.807) is 6.92 Å². The third kappa shape index (κ3) is 4.66. The fraction of sp³-hybridized carbons (Fsp3) is 0.778. The Morgan fingerprint density at radius 1 is 1.14 bits per heavy atom. The third-order valence-electron chi connectivity index (χ3n) is 9.91. The zero-order chi connectivity index (χ0) is 25.5. The van der Waals surface area contributed by atoms with E-state index in [0.717, 1.165) is 44.2 Å². The Morgan fingerprint density at radius 2 is 1.89 bits per heavy atom. The Labute approximate surface area is 207 Å². The Morgan fingerprint density at radius 3 is 2.54 bits per heavy atom. The number of oxime groups is 1. The van der Waals surface area contributed by atoms with Crippen molar-refractivity contribution in [1.82, 2.24) is 5.32 Å². The van der Waals surface area contributed by atoms with E-state index in [9.17, 15) is 19.5 Å². The van der Waals surface area contributed by atoms with Crippen LogP contribution in [0.2, 0.25) is 0 Å². The van der Waals surface area contributed by atoms with Crippen molar-refractivity contribution < 1.29 is 29.4 Å². The van der Waals surface area contributed by atoms with E-state index in [4.69, 9.17) is 9.94 Å². The molecule has 3 fully saturated rings. The van der Waals surface area contributed by atoms with Crippen LogP contribution in [0.25, 0.3) is 0 Å². The predicted molar refractivity (Wildman–Crippen MR) is 131 cm³/mol. The van der Waals surface area contributed by atoms with E-state index in [1.807, 2.05) is 0 Å². The zero-order valence-electron chi connectivity index (χ0n) is 21.4. The number of carbonyl (C=O) groups is 3. The number of fused-ring (bicyclic) bond motifs is 5. The molecule has 0 saturated heterocycles. The second-order valence-electron chi connectivity index (χ2n) is 11.8. The van der Waals surface area contributed by atoms with Gasteiger partial charge < -0.3 is 20.4 Å². The molecule has 3 saturated carbocycles. The van der Waals surface area contributed by atoms with Gasteiger partial charge in [-0.25, -0.2) is 4.79 Å².